The number of fused-ring (bicyclic) bond motifs is 1. The van der Waals surface area contributed by atoms with E-state index in [1.807, 2.05) is 0 Å². The second kappa shape index (κ2) is 4.76. The van der Waals surface area contributed by atoms with Gasteiger partial charge >= 0.3 is 0 Å². The van der Waals surface area contributed by atoms with Crippen LogP contribution in [0, 0.1) is 0 Å². The van der Waals surface area contributed by atoms with Crippen molar-refractivity contribution < 1.29 is 14.9 Å². The minimum Gasteiger partial charge on any atom is -0.394 e. The molecule has 0 amide bonds. The highest BCUT2D eigenvalue weighted by atomic mass is 32.1. The molecular formula is C10H10N4O3S2. The third kappa shape index (κ3) is 2.03. The number of ether oxygens (including phenoxy) is 1. The molecule has 9 heteroatoms. The first kappa shape index (κ1) is 12.9. The van der Waals surface area contributed by atoms with E-state index in [1.165, 1.54) is 11.2 Å². The zero-order valence-electron chi connectivity index (χ0n) is 9.63. The lowest BCUT2D eigenvalue weighted by atomic mass is 10.2. The van der Waals surface area contributed by atoms with Crippen LogP contribution in [-0.4, -0.2) is 68.1 Å². The highest BCUT2D eigenvalue weighted by Crippen LogP contribution is 2.26. The Morgan fingerprint density at radius 2 is 2.26 bits per heavy atom. The summed E-state index contributed by atoms with van der Waals surface area (Å²) in [6.07, 6.45) is -0.269. The highest BCUT2D eigenvalue weighted by Gasteiger charge is 2.42. The van der Waals surface area contributed by atoms with Gasteiger partial charge in [0.1, 0.15) is 29.4 Å². The van der Waals surface area contributed by atoms with E-state index < -0.39 is 18.4 Å². The fourth-order valence-electron chi connectivity index (χ4n) is 2.13. The zero-order chi connectivity index (χ0) is 13.6. The van der Waals surface area contributed by atoms with Crippen LogP contribution >= 0.6 is 24.4 Å². The predicted octanol–water partition coefficient (Wildman–Crippen LogP) is -0.736. The monoisotopic (exact) mass is 298 g/mol. The Morgan fingerprint density at radius 3 is 2.95 bits per heavy atom. The first-order chi connectivity index (χ1) is 9.11. The van der Waals surface area contributed by atoms with Gasteiger partial charge in [0.15, 0.2) is 5.84 Å². The maximum atomic E-state index is 9.76. The molecule has 0 bridgehead atoms. The Bertz CT molecular complexity index is 545. The molecule has 1 saturated heterocycles. The van der Waals surface area contributed by atoms with Crippen LogP contribution in [0.5, 0.6) is 0 Å². The minimum absolute atomic E-state index is 0.230. The second-order valence-electron chi connectivity index (χ2n) is 4.23. The average Bonchev–Trinajstić information content (AvgIpc) is 2.95. The van der Waals surface area contributed by atoms with Gasteiger partial charge in [-0.05, 0) is 12.2 Å². The van der Waals surface area contributed by atoms with Gasteiger partial charge in [0, 0.05) is 6.42 Å². The quantitative estimate of drug-likeness (QED) is 0.653. The highest BCUT2D eigenvalue weighted by molar-refractivity contribution is 7.83. The molecule has 0 aliphatic carbocycles. The van der Waals surface area contributed by atoms with Crippen molar-refractivity contribution in [3.8, 4) is 0 Å². The molecule has 3 heterocycles. The normalized spacial score (nSPS) is 33.6. The number of hydrogen-bond donors (Lipinski definition) is 2. The SMILES string of the molecule is OC[C@H]1OC(N2C(=S)N=C3N=CN=C3C2=S)C[C@@H]1O. The molecule has 19 heavy (non-hydrogen) atoms. The fourth-order valence-corrected chi connectivity index (χ4v) is 2.83. The number of amidine groups is 1. The lowest BCUT2D eigenvalue weighted by molar-refractivity contribution is -0.0435. The van der Waals surface area contributed by atoms with Crippen LogP contribution in [0.25, 0.3) is 0 Å². The topological polar surface area (TPSA) is 90.0 Å². The summed E-state index contributed by atoms with van der Waals surface area (Å²) in [4.78, 5) is 14.0. The van der Waals surface area contributed by atoms with Crippen LogP contribution in [0.15, 0.2) is 15.0 Å². The van der Waals surface area contributed by atoms with Crippen LogP contribution in [0.2, 0.25) is 0 Å². The molecule has 0 aromatic heterocycles. The molecule has 3 rings (SSSR count). The second-order valence-corrected chi connectivity index (χ2v) is 4.98. The maximum Gasteiger partial charge on any atom is 0.204 e. The first-order valence-electron chi connectivity index (χ1n) is 5.63. The Kier molecular flexibility index (Phi) is 3.23. The molecular weight excluding hydrogens is 288 g/mol. The number of rotatable bonds is 2. The smallest absolute Gasteiger partial charge is 0.204 e. The number of nitrogens with zero attached hydrogens (tertiary/aromatic N) is 4. The summed E-state index contributed by atoms with van der Waals surface area (Å²) in [5.74, 6) is 0.406. The van der Waals surface area contributed by atoms with Crippen LogP contribution < -0.4 is 0 Å². The van der Waals surface area contributed by atoms with Crippen molar-refractivity contribution >= 4 is 52.4 Å². The summed E-state index contributed by atoms with van der Waals surface area (Å²) >= 11 is 10.5. The lowest BCUT2D eigenvalue weighted by Crippen LogP contribution is -2.50. The van der Waals surface area contributed by atoms with E-state index in [4.69, 9.17) is 34.3 Å². The van der Waals surface area contributed by atoms with Gasteiger partial charge in [0.2, 0.25) is 5.11 Å². The largest absolute Gasteiger partial charge is 0.394 e. The zero-order valence-corrected chi connectivity index (χ0v) is 11.3. The van der Waals surface area contributed by atoms with Crippen molar-refractivity contribution in [2.24, 2.45) is 15.0 Å². The Hall–Kier alpha value is -1.13. The van der Waals surface area contributed by atoms with E-state index >= 15 is 0 Å². The van der Waals surface area contributed by atoms with Gasteiger partial charge in [0.05, 0.1) is 12.7 Å². The number of aliphatic hydroxyl groups excluding tert-OH is 2. The number of thiocarbonyl (C=S) groups is 2. The van der Waals surface area contributed by atoms with E-state index in [-0.39, 0.29) is 11.7 Å². The van der Waals surface area contributed by atoms with Crippen molar-refractivity contribution in [1.82, 2.24) is 4.90 Å². The summed E-state index contributed by atoms with van der Waals surface area (Å²) in [5, 5.41) is 19.1. The van der Waals surface area contributed by atoms with Crippen LogP contribution in [-0.2, 0) is 4.74 Å². The van der Waals surface area contributed by atoms with Gasteiger partial charge in [-0.1, -0.05) is 12.2 Å². The molecule has 3 aliphatic rings. The molecule has 7 nitrogen and oxygen atoms in total. The van der Waals surface area contributed by atoms with E-state index in [9.17, 15) is 5.11 Å². The minimum atomic E-state index is -0.757. The summed E-state index contributed by atoms with van der Waals surface area (Å²) in [7, 11) is 0. The summed E-state index contributed by atoms with van der Waals surface area (Å²) < 4.78 is 5.54. The van der Waals surface area contributed by atoms with Gasteiger partial charge in [-0.2, -0.15) is 4.99 Å². The maximum absolute atomic E-state index is 9.76. The number of aliphatic hydroxyl groups is 2. The number of hydrogen-bond acceptors (Lipinski definition) is 7. The van der Waals surface area contributed by atoms with E-state index in [0.717, 1.165) is 0 Å². The van der Waals surface area contributed by atoms with Gasteiger partial charge in [0.25, 0.3) is 0 Å². The van der Waals surface area contributed by atoms with Crippen molar-refractivity contribution in [2.45, 2.75) is 24.9 Å². The molecule has 0 aromatic rings. The molecule has 3 atom stereocenters. The standard InChI is InChI=1S/C10H10N4O3S2/c15-2-5-4(16)1-6(17-5)14-9(18)7-8(12-3-11-7)13-10(14)19/h3-6,15-16H,1-2H2/t4-,5+,6?/m0/s1. The fraction of sp³-hybridized carbons (Fsp3) is 0.500. The summed E-state index contributed by atoms with van der Waals surface area (Å²) in [5.41, 5.74) is 0.481. The van der Waals surface area contributed by atoms with Crippen molar-refractivity contribution in [3.05, 3.63) is 0 Å². The average molecular weight is 298 g/mol. The predicted molar refractivity (Wildman–Crippen MR) is 76.8 cm³/mol. The Labute approximate surface area is 119 Å². The van der Waals surface area contributed by atoms with Crippen molar-refractivity contribution in [3.63, 3.8) is 0 Å². The van der Waals surface area contributed by atoms with E-state index in [2.05, 4.69) is 15.0 Å². The molecule has 0 aromatic carbocycles. The number of aliphatic imine (C=N–C) groups is 3. The van der Waals surface area contributed by atoms with Crippen LogP contribution in [0.1, 0.15) is 6.42 Å². The van der Waals surface area contributed by atoms with E-state index in [0.29, 0.717) is 23.0 Å². The molecule has 3 aliphatic heterocycles. The molecule has 100 valence electrons. The summed E-state index contributed by atoms with van der Waals surface area (Å²) in [6, 6.07) is 0. The summed E-state index contributed by atoms with van der Waals surface area (Å²) in [6.45, 7) is -0.260. The molecule has 0 saturated carbocycles. The van der Waals surface area contributed by atoms with Crippen molar-refractivity contribution in [2.75, 3.05) is 6.61 Å². The molecule has 0 radical (unpaired) electrons. The van der Waals surface area contributed by atoms with Gasteiger partial charge in [-0.3, -0.25) is 4.90 Å². The molecule has 0 spiro atoms. The molecule has 1 unspecified atom stereocenters. The van der Waals surface area contributed by atoms with E-state index in [1.54, 1.807) is 0 Å². The Morgan fingerprint density at radius 1 is 1.47 bits per heavy atom. The van der Waals surface area contributed by atoms with Gasteiger partial charge in [-0.15, -0.1) is 0 Å². The third-order valence-electron chi connectivity index (χ3n) is 3.08. The van der Waals surface area contributed by atoms with Crippen LogP contribution in [0.3, 0.4) is 0 Å². The molecule has 1 fully saturated rings. The van der Waals surface area contributed by atoms with Crippen LogP contribution in [0.4, 0.5) is 0 Å². The first-order valence-corrected chi connectivity index (χ1v) is 6.44. The lowest BCUT2D eigenvalue weighted by Gasteiger charge is -2.31. The third-order valence-corrected chi connectivity index (χ3v) is 3.76. The van der Waals surface area contributed by atoms with Gasteiger partial charge < -0.3 is 14.9 Å². The van der Waals surface area contributed by atoms with Crippen molar-refractivity contribution in [1.29, 1.82) is 0 Å². The molecule has 2 N–H and O–H groups in total. The Balaban J connectivity index is 1.87. The van der Waals surface area contributed by atoms with Gasteiger partial charge in [-0.25, -0.2) is 9.98 Å².